The SMILES string of the molecule is COc1ccc2nccc([C@H](O)CC[C@@H]3CCN(CCSc4c(Cl)cccc4Cl)C[C@@H]3CC(=O)O)c2c1. The van der Waals surface area contributed by atoms with E-state index in [2.05, 4.69) is 9.88 Å². The number of methoxy groups -OCH3 is 1. The fraction of sp³-hybridized carbons (Fsp3) is 0.429. The zero-order valence-corrected chi connectivity index (χ0v) is 23.1. The van der Waals surface area contributed by atoms with Crippen molar-refractivity contribution in [1.29, 1.82) is 0 Å². The predicted octanol–water partition coefficient (Wildman–Crippen LogP) is 6.57. The summed E-state index contributed by atoms with van der Waals surface area (Å²) in [5.74, 6) is 1.06. The number of carboxylic acid groups (broad SMARTS) is 1. The lowest BCUT2D eigenvalue weighted by molar-refractivity contribution is -0.139. The molecule has 0 unspecified atom stereocenters. The van der Waals surface area contributed by atoms with Crippen LogP contribution < -0.4 is 4.74 Å². The van der Waals surface area contributed by atoms with Gasteiger partial charge in [-0.25, -0.2) is 0 Å². The molecule has 3 aromatic rings. The number of hydrogen-bond acceptors (Lipinski definition) is 6. The van der Waals surface area contributed by atoms with Gasteiger partial charge in [0.1, 0.15) is 5.75 Å². The molecule has 1 aliphatic rings. The van der Waals surface area contributed by atoms with Crippen LogP contribution in [0.4, 0.5) is 0 Å². The van der Waals surface area contributed by atoms with Crippen molar-refractivity contribution in [2.45, 2.75) is 36.7 Å². The first-order valence-corrected chi connectivity index (χ1v) is 14.2. The molecule has 1 fully saturated rings. The number of aromatic nitrogens is 1. The van der Waals surface area contributed by atoms with Gasteiger partial charge in [-0.1, -0.05) is 29.3 Å². The molecule has 2 aromatic carbocycles. The van der Waals surface area contributed by atoms with Gasteiger partial charge in [-0.05, 0) is 79.6 Å². The van der Waals surface area contributed by atoms with Crippen molar-refractivity contribution in [3.8, 4) is 5.75 Å². The summed E-state index contributed by atoms with van der Waals surface area (Å²) in [4.78, 5) is 19.3. The second-order valence-electron chi connectivity index (χ2n) is 9.48. The first-order valence-electron chi connectivity index (χ1n) is 12.5. The van der Waals surface area contributed by atoms with Gasteiger partial charge in [0, 0.05) is 41.7 Å². The number of rotatable bonds is 11. The van der Waals surface area contributed by atoms with E-state index in [1.807, 2.05) is 42.5 Å². The Labute approximate surface area is 231 Å². The average Bonchev–Trinajstić information content (AvgIpc) is 2.88. The monoisotopic (exact) mass is 562 g/mol. The maximum absolute atomic E-state index is 11.6. The van der Waals surface area contributed by atoms with Crippen molar-refractivity contribution in [2.75, 3.05) is 32.5 Å². The summed E-state index contributed by atoms with van der Waals surface area (Å²) in [5.41, 5.74) is 1.64. The third-order valence-corrected chi connectivity index (χ3v) is 9.11. The molecule has 1 aromatic heterocycles. The van der Waals surface area contributed by atoms with E-state index in [4.69, 9.17) is 27.9 Å². The number of benzene rings is 2. The predicted molar refractivity (Wildman–Crippen MR) is 150 cm³/mol. The molecule has 6 nitrogen and oxygen atoms in total. The number of carbonyl (C=O) groups is 1. The van der Waals surface area contributed by atoms with E-state index >= 15 is 0 Å². The number of aliphatic hydroxyl groups is 1. The van der Waals surface area contributed by atoms with Gasteiger partial charge in [0.2, 0.25) is 0 Å². The average molecular weight is 564 g/mol. The van der Waals surface area contributed by atoms with Crippen LogP contribution in [-0.4, -0.2) is 58.6 Å². The first-order chi connectivity index (χ1) is 17.9. The first kappa shape index (κ1) is 28.0. The number of nitrogens with zero attached hydrogens (tertiary/aromatic N) is 2. The molecular formula is C28H32Cl2N2O4S. The van der Waals surface area contributed by atoms with Crippen molar-refractivity contribution in [1.82, 2.24) is 9.88 Å². The zero-order chi connectivity index (χ0) is 26.4. The molecular weight excluding hydrogens is 531 g/mol. The van der Waals surface area contributed by atoms with E-state index < -0.39 is 12.1 Å². The molecule has 4 rings (SSSR count). The lowest BCUT2D eigenvalue weighted by atomic mass is 9.79. The van der Waals surface area contributed by atoms with Gasteiger partial charge in [-0.3, -0.25) is 9.78 Å². The third kappa shape index (κ3) is 7.30. The van der Waals surface area contributed by atoms with Crippen LogP contribution in [0.25, 0.3) is 10.9 Å². The number of likely N-dealkylation sites (tertiary alicyclic amines) is 1. The molecule has 37 heavy (non-hydrogen) atoms. The van der Waals surface area contributed by atoms with Crippen LogP contribution in [0.1, 0.15) is 37.4 Å². The second-order valence-corrected chi connectivity index (χ2v) is 11.4. The summed E-state index contributed by atoms with van der Waals surface area (Å²) in [6, 6.07) is 13.0. The zero-order valence-electron chi connectivity index (χ0n) is 20.8. The van der Waals surface area contributed by atoms with Crippen LogP contribution in [0.5, 0.6) is 5.75 Å². The number of carboxylic acids is 1. The molecule has 0 saturated carbocycles. The Hall–Kier alpha value is -2.03. The molecule has 2 N–H and O–H groups in total. The molecule has 198 valence electrons. The Morgan fingerprint density at radius 1 is 1.22 bits per heavy atom. The van der Waals surface area contributed by atoms with Crippen molar-refractivity contribution >= 4 is 51.8 Å². The van der Waals surface area contributed by atoms with Crippen molar-refractivity contribution in [3.05, 3.63) is 64.3 Å². The molecule has 0 spiro atoms. The number of pyridine rings is 1. The molecule has 0 amide bonds. The maximum atomic E-state index is 11.6. The quantitative estimate of drug-likeness (QED) is 0.256. The highest BCUT2D eigenvalue weighted by Gasteiger charge is 2.31. The number of aliphatic carboxylic acids is 1. The van der Waals surface area contributed by atoms with Gasteiger partial charge in [0.15, 0.2) is 0 Å². The summed E-state index contributed by atoms with van der Waals surface area (Å²) in [5, 5.41) is 22.8. The smallest absolute Gasteiger partial charge is 0.303 e. The van der Waals surface area contributed by atoms with Gasteiger partial charge >= 0.3 is 5.97 Å². The molecule has 0 radical (unpaired) electrons. The van der Waals surface area contributed by atoms with E-state index in [-0.39, 0.29) is 18.3 Å². The molecule has 0 aliphatic carbocycles. The minimum Gasteiger partial charge on any atom is -0.497 e. The van der Waals surface area contributed by atoms with Gasteiger partial charge in [0.05, 0.1) is 28.8 Å². The Morgan fingerprint density at radius 2 is 2.00 bits per heavy atom. The van der Waals surface area contributed by atoms with Crippen LogP contribution in [0.2, 0.25) is 10.0 Å². The van der Waals surface area contributed by atoms with Crippen LogP contribution >= 0.6 is 35.0 Å². The van der Waals surface area contributed by atoms with E-state index in [1.165, 1.54) is 0 Å². The number of hydrogen-bond donors (Lipinski definition) is 2. The molecule has 3 atom stereocenters. The Bertz CT molecular complexity index is 1210. The van der Waals surface area contributed by atoms with E-state index in [0.717, 1.165) is 65.3 Å². The summed E-state index contributed by atoms with van der Waals surface area (Å²) in [7, 11) is 1.62. The van der Waals surface area contributed by atoms with E-state index in [9.17, 15) is 15.0 Å². The second kappa shape index (κ2) is 13.2. The summed E-state index contributed by atoms with van der Waals surface area (Å²) in [6.07, 6.45) is 3.44. The van der Waals surface area contributed by atoms with Crippen LogP contribution in [0.15, 0.2) is 53.6 Å². The fourth-order valence-electron chi connectivity index (χ4n) is 5.18. The van der Waals surface area contributed by atoms with Crippen molar-refractivity contribution < 1.29 is 19.7 Å². The number of fused-ring (bicyclic) bond motifs is 1. The topological polar surface area (TPSA) is 82.9 Å². The molecule has 0 bridgehead atoms. The Morgan fingerprint density at radius 3 is 2.73 bits per heavy atom. The summed E-state index contributed by atoms with van der Waals surface area (Å²) in [6.45, 7) is 2.48. The van der Waals surface area contributed by atoms with Crippen LogP contribution in [-0.2, 0) is 4.79 Å². The summed E-state index contributed by atoms with van der Waals surface area (Å²) < 4.78 is 5.35. The van der Waals surface area contributed by atoms with Gasteiger partial charge in [-0.2, -0.15) is 0 Å². The normalized spacial score (nSPS) is 19.1. The fourth-order valence-corrected chi connectivity index (χ4v) is 6.87. The van der Waals surface area contributed by atoms with Crippen molar-refractivity contribution in [2.24, 2.45) is 11.8 Å². The standard InChI is InChI=1S/C28H32Cl2N2O4S/c1-36-20-6-7-25-22(16-20)21(9-11-31-25)26(33)8-5-18-10-12-32(17-19(18)15-27(34)35)13-14-37-28-23(29)3-2-4-24(28)30/h2-4,6-7,9,11,16,18-19,26,33H,5,8,10,12-15,17H2,1H3,(H,34,35)/t18-,19+,26-/m1/s1. The highest BCUT2D eigenvalue weighted by Crippen LogP contribution is 2.36. The van der Waals surface area contributed by atoms with Crippen molar-refractivity contribution in [3.63, 3.8) is 0 Å². The molecule has 1 aliphatic heterocycles. The molecule has 9 heteroatoms. The molecule has 2 heterocycles. The lowest BCUT2D eigenvalue weighted by Crippen LogP contribution is -2.42. The van der Waals surface area contributed by atoms with Gasteiger partial charge in [-0.15, -0.1) is 11.8 Å². The number of piperidine rings is 1. The summed E-state index contributed by atoms with van der Waals surface area (Å²) >= 11 is 14.2. The Kier molecular flexibility index (Phi) is 9.96. The minimum absolute atomic E-state index is 0.0432. The van der Waals surface area contributed by atoms with E-state index in [1.54, 1.807) is 25.1 Å². The number of aliphatic hydroxyl groups excluding tert-OH is 1. The lowest BCUT2D eigenvalue weighted by Gasteiger charge is -2.38. The van der Waals surface area contributed by atoms with Crippen LogP contribution in [0, 0.1) is 11.8 Å². The maximum Gasteiger partial charge on any atom is 0.303 e. The number of halogens is 2. The highest BCUT2D eigenvalue weighted by atomic mass is 35.5. The minimum atomic E-state index is -0.776. The molecule has 1 saturated heterocycles. The Balaban J connectivity index is 1.35. The van der Waals surface area contributed by atoms with Gasteiger partial charge < -0.3 is 19.8 Å². The largest absolute Gasteiger partial charge is 0.497 e. The van der Waals surface area contributed by atoms with E-state index in [0.29, 0.717) is 16.5 Å². The number of ether oxygens (including phenoxy) is 1. The third-order valence-electron chi connectivity index (χ3n) is 7.14. The van der Waals surface area contributed by atoms with Crippen LogP contribution in [0.3, 0.4) is 0 Å². The van der Waals surface area contributed by atoms with Gasteiger partial charge in [0.25, 0.3) is 0 Å². The highest BCUT2D eigenvalue weighted by molar-refractivity contribution is 7.99. The number of thioether (sulfide) groups is 1.